The van der Waals surface area contributed by atoms with Crippen LogP contribution in [-0.4, -0.2) is 26.7 Å². The minimum atomic E-state index is 0.474. The molecule has 0 radical (unpaired) electrons. The van der Waals surface area contributed by atoms with Crippen LogP contribution in [0.5, 0.6) is 0 Å². The van der Waals surface area contributed by atoms with Crippen molar-refractivity contribution in [3.63, 3.8) is 0 Å². The van der Waals surface area contributed by atoms with Crippen molar-refractivity contribution in [3.05, 3.63) is 77.6 Å². The zero-order chi connectivity index (χ0) is 18.5. The second kappa shape index (κ2) is 7.97. The van der Waals surface area contributed by atoms with Gasteiger partial charge in [0.05, 0.1) is 17.4 Å². The Kier molecular flexibility index (Phi) is 5.07. The van der Waals surface area contributed by atoms with Gasteiger partial charge in [-0.2, -0.15) is 10.1 Å². The van der Waals surface area contributed by atoms with E-state index in [0.29, 0.717) is 18.3 Å². The number of benzene rings is 2. The highest BCUT2D eigenvalue weighted by Gasteiger charge is 2.05. The molecular formula is C20H17ClN6. The minimum Gasteiger partial charge on any atom is -0.353 e. The van der Waals surface area contributed by atoms with Gasteiger partial charge < -0.3 is 10.6 Å². The van der Waals surface area contributed by atoms with Gasteiger partial charge in [0.2, 0.25) is 5.95 Å². The third-order valence-corrected chi connectivity index (χ3v) is 4.32. The second-order valence-corrected chi connectivity index (χ2v) is 6.41. The van der Waals surface area contributed by atoms with Crippen LogP contribution in [-0.2, 0) is 6.42 Å². The lowest BCUT2D eigenvalue weighted by Gasteiger charge is -2.09. The Bertz CT molecular complexity index is 1050. The van der Waals surface area contributed by atoms with Crippen molar-refractivity contribution in [1.29, 1.82) is 0 Å². The first-order valence-electron chi connectivity index (χ1n) is 8.57. The first kappa shape index (κ1) is 17.2. The van der Waals surface area contributed by atoms with Gasteiger partial charge in [0, 0.05) is 23.2 Å². The van der Waals surface area contributed by atoms with Crippen molar-refractivity contribution in [2.75, 3.05) is 17.2 Å². The molecule has 7 heteroatoms. The summed E-state index contributed by atoms with van der Waals surface area (Å²) in [7, 11) is 0. The highest BCUT2D eigenvalue weighted by molar-refractivity contribution is 6.30. The number of nitrogens with one attached hydrogen (secondary N) is 2. The molecule has 2 N–H and O–H groups in total. The zero-order valence-corrected chi connectivity index (χ0v) is 15.2. The lowest BCUT2D eigenvalue weighted by atomic mass is 10.1. The molecule has 0 saturated carbocycles. The van der Waals surface area contributed by atoms with E-state index in [1.807, 2.05) is 54.6 Å². The number of halogens is 1. The summed E-state index contributed by atoms with van der Waals surface area (Å²) in [4.78, 5) is 8.91. The molecule has 0 aliphatic rings. The van der Waals surface area contributed by atoms with Crippen LogP contribution in [0, 0.1) is 0 Å². The molecule has 0 saturated heterocycles. The monoisotopic (exact) mass is 376 g/mol. The Morgan fingerprint density at radius 2 is 1.81 bits per heavy atom. The van der Waals surface area contributed by atoms with Crippen LogP contribution in [0.15, 0.2) is 67.0 Å². The number of hydrogen-bond acceptors (Lipinski definition) is 6. The molecule has 0 unspecified atom stereocenters. The normalized spacial score (nSPS) is 10.7. The van der Waals surface area contributed by atoms with E-state index in [0.717, 1.165) is 28.0 Å². The predicted molar refractivity (Wildman–Crippen MR) is 108 cm³/mol. The van der Waals surface area contributed by atoms with E-state index in [1.54, 1.807) is 12.4 Å². The topological polar surface area (TPSA) is 75.6 Å². The molecule has 6 nitrogen and oxygen atoms in total. The quantitative estimate of drug-likeness (QED) is 0.517. The van der Waals surface area contributed by atoms with Gasteiger partial charge >= 0.3 is 0 Å². The van der Waals surface area contributed by atoms with Crippen molar-refractivity contribution in [3.8, 4) is 0 Å². The van der Waals surface area contributed by atoms with Gasteiger partial charge in [-0.15, -0.1) is 5.10 Å². The fourth-order valence-corrected chi connectivity index (χ4v) is 2.88. The number of rotatable bonds is 6. The standard InChI is InChI=1S/C20H17ClN6/c21-16-8-6-14(7-9-16)10-12-23-20-26-18(13-24-27-20)25-17-5-1-3-15-4-2-11-22-19(15)17/h1-9,11,13H,10,12H2,(H2,23,25,26,27). The van der Waals surface area contributed by atoms with E-state index >= 15 is 0 Å². The van der Waals surface area contributed by atoms with E-state index in [4.69, 9.17) is 11.6 Å². The molecule has 0 aliphatic heterocycles. The van der Waals surface area contributed by atoms with Gasteiger partial charge in [-0.1, -0.05) is 41.9 Å². The van der Waals surface area contributed by atoms with Gasteiger partial charge in [0.1, 0.15) is 0 Å². The Balaban J connectivity index is 1.43. The molecule has 0 aliphatic carbocycles. The van der Waals surface area contributed by atoms with Crippen LogP contribution in [0.4, 0.5) is 17.5 Å². The minimum absolute atomic E-state index is 0.474. The smallest absolute Gasteiger partial charge is 0.244 e. The Morgan fingerprint density at radius 1 is 0.963 bits per heavy atom. The zero-order valence-electron chi connectivity index (χ0n) is 14.4. The molecule has 0 bridgehead atoms. The first-order chi connectivity index (χ1) is 13.3. The molecule has 2 aromatic heterocycles. The molecule has 0 amide bonds. The Hall–Kier alpha value is -3.25. The SMILES string of the molecule is Clc1ccc(CCNc2nncc(Nc3cccc4cccnc34)n2)cc1. The number of anilines is 3. The molecule has 0 fully saturated rings. The van der Waals surface area contributed by atoms with Crippen molar-refractivity contribution in [1.82, 2.24) is 20.2 Å². The molecule has 134 valence electrons. The van der Waals surface area contributed by atoms with Gasteiger partial charge in [-0.05, 0) is 36.2 Å². The summed E-state index contributed by atoms with van der Waals surface area (Å²) in [5.41, 5.74) is 2.95. The number of pyridine rings is 1. The second-order valence-electron chi connectivity index (χ2n) is 5.97. The van der Waals surface area contributed by atoms with E-state index in [1.165, 1.54) is 5.56 Å². The van der Waals surface area contributed by atoms with Crippen molar-refractivity contribution < 1.29 is 0 Å². The van der Waals surface area contributed by atoms with Crippen LogP contribution in [0.1, 0.15) is 5.56 Å². The van der Waals surface area contributed by atoms with Crippen LogP contribution in [0.25, 0.3) is 10.9 Å². The maximum atomic E-state index is 5.91. The van der Waals surface area contributed by atoms with Gasteiger partial charge in [0.15, 0.2) is 5.82 Å². The number of nitrogens with zero attached hydrogens (tertiary/aromatic N) is 4. The van der Waals surface area contributed by atoms with Crippen LogP contribution in [0.3, 0.4) is 0 Å². The molecule has 27 heavy (non-hydrogen) atoms. The van der Waals surface area contributed by atoms with E-state index in [9.17, 15) is 0 Å². The van der Waals surface area contributed by atoms with Gasteiger partial charge in [-0.3, -0.25) is 4.98 Å². The molecular weight excluding hydrogens is 360 g/mol. The summed E-state index contributed by atoms with van der Waals surface area (Å²) in [5, 5.41) is 16.3. The molecule has 4 rings (SSSR count). The molecule has 2 aromatic carbocycles. The van der Waals surface area contributed by atoms with Crippen molar-refractivity contribution in [2.24, 2.45) is 0 Å². The number of fused-ring (bicyclic) bond motifs is 1. The number of aromatic nitrogens is 4. The van der Waals surface area contributed by atoms with Crippen LogP contribution in [0.2, 0.25) is 5.02 Å². The average molecular weight is 377 g/mol. The fourth-order valence-electron chi connectivity index (χ4n) is 2.75. The highest BCUT2D eigenvalue weighted by atomic mass is 35.5. The van der Waals surface area contributed by atoms with Crippen LogP contribution >= 0.6 is 11.6 Å². The van der Waals surface area contributed by atoms with E-state index in [-0.39, 0.29) is 0 Å². The summed E-state index contributed by atoms with van der Waals surface area (Å²) in [6.45, 7) is 0.697. The lowest BCUT2D eigenvalue weighted by Crippen LogP contribution is -2.09. The maximum Gasteiger partial charge on any atom is 0.244 e. The number of para-hydroxylation sites is 1. The predicted octanol–water partition coefficient (Wildman–Crippen LogP) is 4.47. The molecule has 2 heterocycles. The van der Waals surface area contributed by atoms with Gasteiger partial charge in [0.25, 0.3) is 0 Å². The molecule has 0 spiro atoms. The average Bonchev–Trinajstić information content (AvgIpc) is 2.70. The summed E-state index contributed by atoms with van der Waals surface area (Å²) in [6, 6.07) is 17.7. The maximum absolute atomic E-state index is 5.91. The third-order valence-electron chi connectivity index (χ3n) is 4.06. The Morgan fingerprint density at radius 3 is 2.70 bits per heavy atom. The summed E-state index contributed by atoms with van der Waals surface area (Å²) in [6.07, 6.45) is 4.20. The Labute approximate surface area is 161 Å². The summed E-state index contributed by atoms with van der Waals surface area (Å²) in [5.74, 6) is 1.08. The molecule has 0 atom stereocenters. The molecule has 4 aromatic rings. The summed E-state index contributed by atoms with van der Waals surface area (Å²) < 4.78 is 0. The van der Waals surface area contributed by atoms with Crippen LogP contribution < -0.4 is 10.6 Å². The third kappa shape index (κ3) is 4.30. The summed E-state index contributed by atoms with van der Waals surface area (Å²) >= 11 is 5.91. The van der Waals surface area contributed by atoms with E-state index < -0.39 is 0 Å². The number of hydrogen-bond donors (Lipinski definition) is 2. The van der Waals surface area contributed by atoms with Crippen molar-refractivity contribution >= 4 is 40.0 Å². The lowest BCUT2D eigenvalue weighted by molar-refractivity contribution is 0.929. The van der Waals surface area contributed by atoms with Gasteiger partial charge in [-0.25, -0.2) is 0 Å². The fraction of sp³-hybridized carbons (Fsp3) is 0.100. The largest absolute Gasteiger partial charge is 0.353 e. The highest BCUT2D eigenvalue weighted by Crippen LogP contribution is 2.23. The van der Waals surface area contributed by atoms with E-state index in [2.05, 4.69) is 30.8 Å². The first-order valence-corrected chi connectivity index (χ1v) is 8.94. The van der Waals surface area contributed by atoms with Crippen molar-refractivity contribution in [2.45, 2.75) is 6.42 Å².